The molecule has 192 valence electrons. The molecule has 0 saturated heterocycles. The zero-order chi connectivity index (χ0) is 25.9. The number of rotatable bonds is 7. The van der Waals surface area contributed by atoms with Gasteiger partial charge < -0.3 is 20.5 Å². The summed E-state index contributed by atoms with van der Waals surface area (Å²) >= 11 is 0. The fourth-order valence-corrected chi connectivity index (χ4v) is 4.58. The topological polar surface area (TPSA) is 125 Å². The van der Waals surface area contributed by atoms with Gasteiger partial charge in [-0.2, -0.15) is 5.10 Å². The molecule has 1 aromatic carbocycles. The van der Waals surface area contributed by atoms with E-state index in [1.165, 1.54) is 6.07 Å². The lowest BCUT2D eigenvalue weighted by molar-refractivity contribution is 0.197. The first-order valence-electron chi connectivity index (χ1n) is 12.0. The summed E-state index contributed by atoms with van der Waals surface area (Å²) in [5, 5.41) is 22.2. The van der Waals surface area contributed by atoms with Crippen molar-refractivity contribution in [3.05, 3.63) is 54.1 Å². The van der Waals surface area contributed by atoms with Gasteiger partial charge in [-0.15, -0.1) is 0 Å². The van der Waals surface area contributed by atoms with E-state index in [-0.39, 0.29) is 37.2 Å². The third kappa shape index (κ3) is 5.36. The Balaban J connectivity index is 1.51. The number of aliphatic hydroxyl groups is 1. The largest absolute Gasteiger partial charge is 0.475 e. The molecule has 1 aliphatic carbocycles. The van der Waals surface area contributed by atoms with Crippen LogP contribution in [0.1, 0.15) is 24.8 Å². The number of carbonyl (C=O) groups excluding carboxylic acids is 1. The van der Waals surface area contributed by atoms with Gasteiger partial charge in [-0.25, -0.2) is 23.5 Å². The molecule has 9 nitrogen and oxygen atoms in total. The average Bonchev–Trinajstić information content (AvgIpc) is 3.52. The zero-order valence-corrected chi connectivity index (χ0v) is 20.1. The lowest BCUT2D eigenvalue weighted by Crippen LogP contribution is -2.36. The molecule has 2 amide bonds. The number of nitrogens with zero attached hydrogens (tertiary/aromatic N) is 3. The Morgan fingerprint density at radius 3 is 2.89 bits per heavy atom. The molecule has 0 spiro atoms. The number of hydrogen-bond donors (Lipinski definition) is 4. The highest BCUT2D eigenvalue weighted by atomic mass is 19.1. The van der Waals surface area contributed by atoms with Gasteiger partial charge in [-0.1, -0.05) is 0 Å². The molecule has 0 unspecified atom stereocenters. The number of carbonyl (C=O) groups is 1. The minimum atomic E-state index is -0.931. The van der Waals surface area contributed by atoms with Crippen LogP contribution in [0.2, 0.25) is 0 Å². The van der Waals surface area contributed by atoms with Gasteiger partial charge in [0.05, 0.1) is 24.2 Å². The Hall–Kier alpha value is -4.12. The fourth-order valence-electron chi connectivity index (χ4n) is 4.58. The molecule has 0 bridgehead atoms. The van der Waals surface area contributed by atoms with E-state index in [1.54, 1.807) is 37.5 Å². The molecule has 11 heteroatoms. The summed E-state index contributed by atoms with van der Waals surface area (Å²) in [7, 11) is 0. The number of H-pyrrole nitrogens is 1. The van der Waals surface area contributed by atoms with E-state index in [2.05, 4.69) is 30.8 Å². The molecule has 37 heavy (non-hydrogen) atoms. The van der Waals surface area contributed by atoms with Crippen LogP contribution in [0.4, 0.5) is 19.3 Å². The summed E-state index contributed by atoms with van der Waals surface area (Å²) in [4.78, 5) is 21.3. The number of anilines is 1. The predicted octanol–water partition coefficient (Wildman–Crippen LogP) is 4.52. The summed E-state index contributed by atoms with van der Waals surface area (Å²) in [6.07, 6.45) is 3.56. The van der Waals surface area contributed by atoms with Crippen LogP contribution in [-0.4, -0.2) is 56.7 Å². The van der Waals surface area contributed by atoms with E-state index in [0.717, 1.165) is 10.9 Å². The highest BCUT2D eigenvalue weighted by Gasteiger charge is 2.26. The lowest BCUT2D eigenvalue weighted by atomic mass is 9.98. The molecule has 5 rings (SSSR count). The van der Waals surface area contributed by atoms with Crippen LogP contribution in [0.3, 0.4) is 0 Å². The number of urea groups is 1. The average molecular weight is 509 g/mol. The number of aromatic amines is 1. The van der Waals surface area contributed by atoms with Gasteiger partial charge in [-0.05, 0) is 67.1 Å². The number of alkyl halides is 1. The zero-order valence-electron chi connectivity index (χ0n) is 20.1. The van der Waals surface area contributed by atoms with E-state index >= 15 is 0 Å². The van der Waals surface area contributed by atoms with Crippen molar-refractivity contribution in [2.75, 3.05) is 18.5 Å². The maximum atomic E-state index is 14.8. The van der Waals surface area contributed by atoms with E-state index in [9.17, 15) is 18.7 Å². The number of aromatic nitrogens is 4. The maximum absolute atomic E-state index is 14.8. The molecule has 0 aliphatic heterocycles. The number of pyridine rings is 2. The standard InChI is InChI=1S/C26H26F2N6O3/c1-14-8-21(28)23(33-26(36)31-17-3-2-16(27)11-17)12-19(14)15-9-22(32-24(10-15)37-7-6-35)18-4-5-29-25-20(18)13-30-34-25/h4-5,8-10,12-13,16-17,35H,2-3,6-7,11H2,1H3,(H,29,30,34)(H2,31,33,36)/t16-,17+/m0/s1. The molecule has 1 saturated carbocycles. The highest BCUT2D eigenvalue weighted by Crippen LogP contribution is 2.35. The van der Waals surface area contributed by atoms with Crippen molar-refractivity contribution in [2.45, 2.75) is 38.4 Å². The lowest BCUT2D eigenvalue weighted by Gasteiger charge is -2.16. The Morgan fingerprint density at radius 2 is 2.11 bits per heavy atom. The van der Waals surface area contributed by atoms with Crippen LogP contribution in [0.25, 0.3) is 33.4 Å². The van der Waals surface area contributed by atoms with Crippen molar-refractivity contribution < 1.29 is 23.4 Å². The summed E-state index contributed by atoms with van der Waals surface area (Å²) in [6.45, 7) is 1.62. The van der Waals surface area contributed by atoms with E-state index in [4.69, 9.17) is 4.74 Å². The molecular formula is C26H26F2N6O3. The molecule has 4 aromatic rings. The van der Waals surface area contributed by atoms with Crippen LogP contribution in [0.15, 0.2) is 42.7 Å². The van der Waals surface area contributed by atoms with Gasteiger partial charge in [0.25, 0.3) is 0 Å². The quantitative estimate of drug-likeness (QED) is 0.291. The van der Waals surface area contributed by atoms with Crippen molar-refractivity contribution in [1.82, 2.24) is 25.5 Å². The van der Waals surface area contributed by atoms with Gasteiger partial charge in [0.2, 0.25) is 5.88 Å². The molecule has 2 atom stereocenters. The Labute approximate surface area is 211 Å². The molecule has 4 N–H and O–H groups in total. The van der Waals surface area contributed by atoms with Crippen molar-refractivity contribution in [3.63, 3.8) is 0 Å². The number of fused-ring (bicyclic) bond motifs is 1. The van der Waals surface area contributed by atoms with Crippen molar-refractivity contribution in [3.8, 4) is 28.3 Å². The van der Waals surface area contributed by atoms with Crippen LogP contribution < -0.4 is 15.4 Å². The minimum absolute atomic E-state index is 0.00906. The van der Waals surface area contributed by atoms with Gasteiger partial charge in [-0.3, -0.25) is 5.10 Å². The van der Waals surface area contributed by atoms with Crippen LogP contribution in [0.5, 0.6) is 5.88 Å². The van der Waals surface area contributed by atoms with Gasteiger partial charge in [0.15, 0.2) is 5.65 Å². The minimum Gasteiger partial charge on any atom is -0.475 e. The first-order valence-corrected chi connectivity index (χ1v) is 12.0. The molecule has 3 heterocycles. The van der Waals surface area contributed by atoms with E-state index < -0.39 is 18.0 Å². The monoisotopic (exact) mass is 508 g/mol. The number of nitrogens with one attached hydrogen (secondary N) is 3. The third-order valence-electron chi connectivity index (χ3n) is 6.35. The van der Waals surface area contributed by atoms with Crippen molar-refractivity contribution in [1.29, 1.82) is 0 Å². The normalized spacial score (nSPS) is 17.2. The number of amides is 2. The first kappa shape index (κ1) is 24.6. The second-order valence-electron chi connectivity index (χ2n) is 8.99. The number of hydrogen-bond acceptors (Lipinski definition) is 6. The maximum Gasteiger partial charge on any atom is 0.319 e. The Kier molecular flexibility index (Phi) is 6.95. The molecule has 1 aliphatic rings. The molecule has 0 radical (unpaired) electrons. The smallest absolute Gasteiger partial charge is 0.319 e. The van der Waals surface area contributed by atoms with Gasteiger partial charge >= 0.3 is 6.03 Å². The predicted molar refractivity (Wildman–Crippen MR) is 135 cm³/mol. The second-order valence-corrected chi connectivity index (χ2v) is 8.99. The molecule has 1 fully saturated rings. The highest BCUT2D eigenvalue weighted by molar-refractivity contribution is 5.93. The Morgan fingerprint density at radius 1 is 1.24 bits per heavy atom. The molecular weight excluding hydrogens is 482 g/mol. The summed E-state index contributed by atoms with van der Waals surface area (Å²) < 4.78 is 33.9. The fraction of sp³-hybridized carbons (Fsp3) is 0.308. The summed E-state index contributed by atoms with van der Waals surface area (Å²) in [5.41, 5.74) is 3.87. The number of aryl methyl sites for hydroxylation is 1. The van der Waals surface area contributed by atoms with Crippen molar-refractivity contribution in [2.24, 2.45) is 0 Å². The van der Waals surface area contributed by atoms with Crippen LogP contribution >= 0.6 is 0 Å². The number of ether oxygens (including phenoxy) is 1. The number of halogens is 2. The summed E-state index contributed by atoms with van der Waals surface area (Å²) in [6, 6.07) is 7.35. The Bertz CT molecular complexity index is 1440. The van der Waals surface area contributed by atoms with Crippen molar-refractivity contribution >= 4 is 22.8 Å². The number of aliphatic hydroxyl groups excluding tert-OH is 1. The van der Waals surface area contributed by atoms with Crippen LogP contribution in [0, 0.1) is 12.7 Å². The summed E-state index contributed by atoms with van der Waals surface area (Å²) in [5.74, 6) is -0.320. The van der Waals surface area contributed by atoms with Gasteiger partial charge in [0.1, 0.15) is 18.6 Å². The number of benzene rings is 1. The van der Waals surface area contributed by atoms with E-state index in [1.807, 2.05) is 6.07 Å². The van der Waals surface area contributed by atoms with Gasteiger partial charge in [0, 0.05) is 29.3 Å². The second kappa shape index (κ2) is 10.5. The van der Waals surface area contributed by atoms with E-state index in [0.29, 0.717) is 40.9 Å². The van der Waals surface area contributed by atoms with Crippen LogP contribution in [-0.2, 0) is 0 Å². The third-order valence-corrected chi connectivity index (χ3v) is 6.35. The SMILES string of the molecule is Cc1cc(F)c(NC(=O)N[C@@H]2CC[C@H](F)C2)cc1-c1cc(OCCO)nc(-c2ccnc3[nH]ncc23)c1. The first-order chi connectivity index (χ1) is 17.9. The molecule has 3 aromatic heterocycles.